The molecule has 1 atom stereocenters. The molecule has 0 aliphatic rings. The fourth-order valence-electron chi connectivity index (χ4n) is 1.25. The van der Waals surface area contributed by atoms with Crippen molar-refractivity contribution >= 4 is 11.9 Å². The lowest BCUT2D eigenvalue weighted by Crippen LogP contribution is -2.44. The molecule has 1 unspecified atom stereocenters. The van der Waals surface area contributed by atoms with Crippen LogP contribution in [-0.2, 0) is 14.4 Å². The number of carbonyl (C=O) groups is 2. The van der Waals surface area contributed by atoms with Gasteiger partial charge < -0.3 is 15.9 Å². The van der Waals surface area contributed by atoms with Crippen molar-refractivity contribution in [1.29, 1.82) is 0 Å². The van der Waals surface area contributed by atoms with Crippen LogP contribution >= 0.6 is 0 Å². The summed E-state index contributed by atoms with van der Waals surface area (Å²) in [5.74, 6) is -2.24. The van der Waals surface area contributed by atoms with E-state index in [0.29, 0.717) is 13.0 Å². The molecule has 94 valence electrons. The summed E-state index contributed by atoms with van der Waals surface area (Å²) in [5.41, 5.74) is 5.28. The Morgan fingerprint density at radius 1 is 1.44 bits per heavy atom. The number of hydroxylamine groups is 2. The highest BCUT2D eigenvalue weighted by Gasteiger charge is 2.27. The predicted molar refractivity (Wildman–Crippen MR) is 55.7 cm³/mol. The highest BCUT2D eigenvalue weighted by molar-refractivity contribution is 5.75. The molecule has 7 heteroatoms. The second-order valence-electron chi connectivity index (χ2n) is 3.17. The first-order chi connectivity index (χ1) is 7.52. The van der Waals surface area contributed by atoms with Gasteiger partial charge in [0.25, 0.3) is 0 Å². The van der Waals surface area contributed by atoms with Gasteiger partial charge in [0.1, 0.15) is 12.6 Å². The van der Waals surface area contributed by atoms with Crippen molar-refractivity contribution in [3.05, 3.63) is 0 Å². The van der Waals surface area contributed by atoms with Gasteiger partial charge >= 0.3 is 11.9 Å². The second kappa shape index (κ2) is 8.03. The molecule has 0 aromatic carbocycles. The third-order valence-corrected chi connectivity index (χ3v) is 1.90. The van der Waals surface area contributed by atoms with Crippen molar-refractivity contribution in [2.45, 2.75) is 25.8 Å². The van der Waals surface area contributed by atoms with Crippen LogP contribution in [0.1, 0.15) is 19.8 Å². The summed E-state index contributed by atoms with van der Waals surface area (Å²) in [6.07, 6.45) is 0.763. The minimum atomic E-state index is -1.13. The van der Waals surface area contributed by atoms with Gasteiger partial charge in [-0.2, -0.15) is 5.06 Å². The Balaban J connectivity index is 4.51. The molecule has 7 nitrogen and oxygen atoms in total. The molecule has 0 aromatic heterocycles. The molecule has 0 aliphatic heterocycles. The Bertz CT molecular complexity index is 234. The molecule has 0 radical (unpaired) electrons. The van der Waals surface area contributed by atoms with Crippen LogP contribution in [0.4, 0.5) is 0 Å². The van der Waals surface area contributed by atoms with E-state index in [-0.39, 0.29) is 13.0 Å². The highest BCUT2D eigenvalue weighted by Crippen LogP contribution is 2.08. The first-order valence-electron chi connectivity index (χ1n) is 5.07. The Hall–Kier alpha value is -1.18. The molecule has 0 aliphatic carbocycles. The fourth-order valence-corrected chi connectivity index (χ4v) is 1.25. The number of carboxylic acids is 2. The average molecular weight is 234 g/mol. The van der Waals surface area contributed by atoms with Crippen LogP contribution in [0.15, 0.2) is 0 Å². The summed E-state index contributed by atoms with van der Waals surface area (Å²) in [5, 5.41) is 18.6. The molecule has 0 saturated heterocycles. The van der Waals surface area contributed by atoms with Gasteiger partial charge in [0.15, 0.2) is 0 Å². The molecule has 0 rings (SSSR count). The molecule has 0 aromatic rings. The summed E-state index contributed by atoms with van der Waals surface area (Å²) >= 11 is 0. The van der Waals surface area contributed by atoms with Gasteiger partial charge in [-0.25, -0.2) is 0 Å². The van der Waals surface area contributed by atoms with Crippen molar-refractivity contribution in [2.75, 3.05) is 19.7 Å². The van der Waals surface area contributed by atoms with Crippen LogP contribution in [-0.4, -0.2) is 53.0 Å². The summed E-state index contributed by atoms with van der Waals surface area (Å²) < 4.78 is 0. The van der Waals surface area contributed by atoms with E-state index in [1.54, 1.807) is 6.92 Å². The van der Waals surface area contributed by atoms with E-state index in [1.165, 1.54) is 0 Å². The fraction of sp³-hybridized carbons (Fsp3) is 0.778. The first kappa shape index (κ1) is 14.8. The zero-order valence-electron chi connectivity index (χ0n) is 9.26. The molecular formula is C9H18N2O5. The molecule has 0 heterocycles. The van der Waals surface area contributed by atoms with Gasteiger partial charge in [0, 0.05) is 0 Å². The number of rotatable bonds is 9. The summed E-state index contributed by atoms with van der Waals surface area (Å²) in [6.45, 7) is 1.78. The van der Waals surface area contributed by atoms with Crippen molar-refractivity contribution < 1.29 is 24.6 Å². The lowest BCUT2D eigenvalue weighted by molar-refractivity contribution is -0.202. The van der Waals surface area contributed by atoms with Gasteiger partial charge in [-0.05, 0) is 26.3 Å². The minimum Gasteiger partial charge on any atom is -0.480 e. The quantitative estimate of drug-likeness (QED) is 0.461. The third kappa shape index (κ3) is 5.64. The van der Waals surface area contributed by atoms with E-state index in [2.05, 4.69) is 0 Å². The maximum Gasteiger partial charge on any atom is 0.323 e. The smallest absolute Gasteiger partial charge is 0.323 e. The largest absolute Gasteiger partial charge is 0.480 e. The Morgan fingerprint density at radius 2 is 2.06 bits per heavy atom. The van der Waals surface area contributed by atoms with E-state index < -0.39 is 24.5 Å². The third-order valence-electron chi connectivity index (χ3n) is 1.90. The topological polar surface area (TPSA) is 113 Å². The van der Waals surface area contributed by atoms with Gasteiger partial charge in [0.05, 0.1) is 6.61 Å². The van der Waals surface area contributed by atoms with Crippen molar-refractivity contribution in [3.63, 3.8) is 0 Å². The highest BCUT2D eigenvalue weighted by atomic mass is 16.7. The number of hydrogen-bond donors (Lipinski definition) is 3. The zero-order valence-corrected chi connectivity index (χ0v) is 9.26. The molecule has 0 spiro atoms. The van der Waals surface area contributed by atoms with Crippen LogP contribution < -0.4 is 5.73 Å². The Morgan fingerprint density at radius 3 is 2.44 bits per heavy atom. The maximum absolute atomic E-state index is 10.9. The van der Waals surface area contributed by atoms with Crippen LogP contribution in [0.25, 0.3) is 0 Å². The molecule has 0 fully saturated rings. The first-order valence-corrected chi connectivity index (χ1v) is 5.07. The number of nitrogens with zero attached hydrogens (tertiary/aromatic N) is 1. The normalized spacial score (nSPS) is 12.7. The van der Waals surface area contributed by atoms with Crippen LogP contribution in [0.3, 0.4) is 0 Å². The number of hydrogen-bond acceptors (Lipinski definition) is 5. The van der Waals surface area contributed by atoms with Gasteiger partial charge in [0.2, 0.25) is 0 Å². The number of aliphatic carboxylic acids is 2. The Kier molecular flexibility index (Phi) is 7.44. The van der Waals surface area contributed by atoms with Crippen LogP contribution in [0, 0.1) is 0 Å². The monoisotopic (exact) mass is 234 g/mol. The zero-order chi connectivity index (χ0) is 12.6. The van der Waals surface area contributed by atoms with Crippen molar-refractivity contribution in [3.8, 4) is 0 Å². The van der Waals surface area contributed by atoms with E-state index in [1.807, 2.05) is 0 Å². The van der Waals surface area contributed by atoms with Gasteiger partial charge in [-0.1, -0.05) is 0 Å². The average Bonchev–Trinajstić information content (AvgIpc) is 2.17. The van der Waals surface area contributed by atoms with Gasteiger partial charge in [-0.15, -0.1) is 0 Å². The molecule has 0 amide bonds. The molecule has 0 saturated carbocycles. The second-order valence-corrected chi connectivity index (χ2v) is 3.17. The van der Waals surface area contributed by atoms with Crippen molar-refractivity contribution in [2.24, 2.45) is 5.73 Å². The maximum atomic E-state index is 10.9. The predicted octanol–water partition coefficient (Wildman–Crippen LogP) is -0.483. The number of carboxylic acid groups (broad SMARTS) is 2. The summed E-state index contributed by atoms with van der Waals surface area (Å²) in [7, 11) is 0. The minimum absolute atomic E-state index is 0.222. The van der Waals surface area contributed by atoms with E-state index >= 15 is 0 Å². The van der Waals surface area contributed by atoms with Gasteiger partial charge in [-0.3, -0.25) is 14.4 Å². The molecule has 16 heavy (non-hydrogen) atoms. The molecule has 4 N–H and O–H groups in total. The molecular weight excluding hydrogens is 216 g/mol. The van der Waals surface area contributed by atoms with E-state index in [0.717, 1.165) is 5.06 Å². The lowest BCUT2D eigenvalue weighted by atomic mass is 10.1. The van der Waals surface area contributed by atoms with E-state index in [4.69, 9.17) is 20.8 Å². The lowest BCUT2D eigenvalue weighted by Gasteiger charge is -2.25. The summed E-state index contributed by atoms with van der Waals surface area (Å²) in [6, 6.07) is -0.973. The number of nitrogens with two attached hydrogens (primary N) is 1. The van der Waals surface area contributed by atoms with Crippen LogP contribution in [0.2, 0.25) is 0 Å². The van der Waals surface area contributed by atoms with Crippen LogP contribution in [0.5, 0.6) is 0 Å². The van der Waals surface area contributed by atoms with E-state index in [9.17, 15) is 9.59 Å². The Labute approximate surface area is 93.7 Å². The molecule has 0 bridgehead atoms. The summed E-state index contributed by atoms with van der Waals surface area (Å²) in [4.78, 5) is 26.5. The van der Waals surface area contributed by atoms with Crippen molar-refractivity contribution in [1.82, 2.24) is 5.06 Å². The standard InChI is InChI=1S/C9H18N2O5/c1-2-16-11(6-8(12)13)7(9(14)15)4-3-5-10/h7H,2-6,10H2,1H3,(H,12,13)(H,14,15). The SMILES string of the molecule is CCON(CC(=O)O)C(CCCN)C(=O)O.